The molecule has 0 atom stereocenters. The van der Waals surface area contributed by atoms with Gasteiger partial charge in [-0.15, -0.1) is 0 Å². The monoisotopic (exact) mass is 339 g/mol. The van der Waals surface area contributed by atoms with Crippen LogP contribution < -0.4 is 5.32 Å². The maximum absolute atomic E-state index is 12.1. The zero-order chi connectivity index (χ0) is 14.6. The molecule has 2 N–H and O–H groups in total. The lowest BCUT2D eigenvalue weighted by Gasteiger charge is -2.28. The van der Waals surface area contributed by atoms with Gasteiger partial charge in [-0.05, 0) is 30.5 Å². The minimum Gasteiger partial charge on any atom is -0.481 e. The molecule has 4 nitrogen and oxygen atoms in total. The Labute approximate surface area is 126 Å². The van der Waals surface area contributed by atoms with Crippen LogP contribution in [0.3, 0.4) is 0 Å². The van der Waals surface area contributed by atoms with Crippen molar-refractivity contribution in [2.75, 3.05) is 0 Å². The molecule has 1 aromatic carbocycles. The van der Waals surface area contributed by atoms with Crippen LogP contribution in [0.15, 0.2) is 28.7 Å². The van der Waals surface area contributed by atoms with Gasteiger partial charge < -0.3 is 10.4 Å². The molecule has 0 aliphatic heterocycles. The Hall–Kier alpha value is -1.36. The van der Waals surface area contributed by atoms with E-state index in [-0.39, 0.29) is 18.7 Å². The molecule has 1 amide bonds. The number of carbonyl (C=O) groups excluding carboxylic acids is 1. The number of carboxylic acid groups (broad SMARTS) is 1. The van der Waals surface area contributed by atoms with Gasteiger partial charge in [-0.25, -0.2) is 0 Å². The zero-order valence-electron chi connectivity index (χ0n) is 11.2. The van der Waals surface area contributed by atoms with E-state index in [9.17, 15) is 9.59 Å². The minimum absolute atomic E-state index is 0.0111. The first kappa shape index (κ1) is 15.0. The van der Waals surface area contributed by atoms with Crippen LogP contribution in [0.25, 0.3) is 0 Å². The lowest BCUT2D eigenvalue weighted by atomic mass is 9.92. The highest BCUT2D eigenvalue weighted by molar-refractivity contribution is 9.10. The predicted octanol–water partition coefficient (Wildman–Crippen LogP) is 2.90. The molecule has 0 bridgehead atoms. The van der Waals surface area contributed by atoms with E-state index < -0.39 is 11.5 Å². The number of amides is 1. The second-order valence-electron chi connectivity index (χ2n) is 5.41. The number of nitrogens with one attached hydrogen (secondary N) is 1. The predicted molar refractivity (Wildman–Crippen MR) is 79.4 cm³/mol. The van der Waals surface area contributed by atoms with E-state index in [0.717, 1.165) is 35.7 Å². The van der Waals surface area contributed by atoms with Crippen molar-refractivity contribution in [1.82, 2.24) is 5.32 Å². The van der Waals surface area contributed by atoms with E-state index in [1.54, 1.807) is 0 Å². The van der Waals surface area contributed by atoms with Crippen molar-refractivity contribution in [3.05, 3.63) is 34.3 Å². The zero-order valence-corrected chi connectivity index (χ0v) is 12.8. The van der Waals surface area contributed by atoms with E-state index in [0.29, 0.717) is 0 Å². The highest BCUT2D eigenvalue weighted by Crippen LogP contribution is 2.32. The molecule has 0 radical (unpaired) electrons. The summed E-state index contributed by atoms with van der Waals surface area (Å²) in [6.45, 7) is 0. The summed E-state index contributed by atoms with van der Waals surface area (Å²) in [5.41, 5.74) is 0.370. The molecule has 2 rings (SSSR count). The van der Waals surface area contributed by atoms with E-state index in [2.05, 4.69) is 21.2 Å². The fourth-order valence-electron chi connectivity index (χ4n) is 2.86. The summed E-state index contributed by atoms with van der Waals surface area (Å²) in [5.74, 6) is -0.957. The van der Waals surface area contributed by atoms with Crippen LogP contribution in [0.4, 0.5) is 0 Å². The smallest absolute Gasteiger partial charge is 0.305 e. The van der Waals surface area contributed by atoms with Gasteiger partial charge in [-0.2, -0.15) is 0 Å². The highest BCUT2D eigenvalue weighted by atomic mass is 79.9. The van der Waals surface area contributed by atoms with Gasteiger partial charge in [0.15, 0.2) is 0 Å². The van der Waals surface area contributed by atoms with Crippen LogP contribution in [-0.4, -0.2) is 22.5 Å². The molecule has 0 spiro atoms. The summed E-state index contributed by atoms with van der Waals surface area (Å²) >= 11 is 3.37. The molecule has 1 fully saturated rings. The number of benzene rings is 1. The average Bonchev–Trinajstić information content (AvgIpc) is 2.75. The highest BCUT2D eigenvalue weighted by Gasteiger charge is 2.37. The summed E-state index contributed by atoms with van der Waals surface area (Å²) < 4.78 is 0.934. The van der Waals surface area contributed by atoms with Gasteiger partial charge in [0.2, 0.25) is 5.91 Å². The third kappa shape index (κ3) is 4.07. The molecule has 0 aromatic heterocycles. The molecule has 0 saturated heterocycles. The number of aliphatic carboxylic acids is 1. The molecule has 1 aliphatic carbocycles. The number of carbonyl (C=O) groups is 2. The maximum Gasteiger partial charge on any atom is 0.305 e. The van der Waals surface area contributed by atoms with Gasteiger partial charge in [-0.3, -0.25) is 9.59 Å². The van der Waals surface area contributed by atoms with Gasteiger partial charge in [-0.1, -0.05) is 40.9 Å². The van der Waals surface area contributed by atoms with Crippen molar-refractivity contribution >= 4 is 27.8 Å². The molecule has 108 valence electrons. The fraction of sp³-hybridized carbons (Fsp3) is 0.467. The van der Waals surface area contributed by atoms with Crippen molar-refractivity contribution in [1.29, 1.82) is 0 Å². The summed E-state index contributed by atoms with van der Waals surface area (Å²) in [6, 6.07) is 7.58. The van der Waals surface area contributed by atoms with Crippen molar-refractivity contribution < 1.29 is 14.7 Å². The van der Waals surface area contributed by atoms with E-state index in [4.69, 9.17) is 5.11 Å². The molecular weight excluding hydrogens is 322 g/mol. The molecule has 0 unspecified atom stereocenters. The van der Waals surface area contributed by atoms with Crippen LogP contribution in [0.1, 0.15) is 37.7 Å². The first-order valence-corrected chi connectivity index (χ1v) is 7.56. The normalized spacial score (nSPS) is 16.9. The molecule has 0 heterocycles. The van der Waals surface area contributed by atoms with Gasteiger partial charge in [0, 0.05) is 4.47 Å². The summed E-state index contributed by atoms with van der Waals surface area (Å²) in [7, 11) is 0. The van der Waals surface area contributed by atoms with Crippen molar-refractivity contribution in [2.24, 2.45) is 0 Å². The lowest BCUT2D eigenvalue weighted by molar-refractivity contribution is -0.139. The first-order chi connectivity index (χ1) is 9.49. The van der Waals surface area contributed by atoms with Crippen LogP contribution in [0.5, 0.6) is 0 Å². The Morgan fingerprint density at radius 3 is 2.60 bits per heavy atom. The van der Waals surface area contributed by atoms with Crippen LogP contribution >= 0.6 is 15.9 Å². The van der Waals surface area contributed by atoms with Crippen molar-refractivity contribution in [2.45, 2.75) is 44.1 Å². The van der Waals surface area contributed by atoms with Crippen molar-refractivity contribution in [3.63, 3.8) is 0 Å². The number of rotatable bonds is 5. The second kappa shape index (κ2) is 6.39. The van der Waals surface area contributed by atoms with Gasteiger partial charge >= 0.3 is 5.97 Å². The van der Waals surface area contributed by atoms with E-state index in [1.807, 2.05) is 24.3 Å². The van der Waals surface area contributed by atoms with Gasteiger partial charge in [0.05, 0.1) is 18.4 Å². The Kier molecular flexibility index (Phi) is 4.81. The standard InChI is InChI=1S/C15H18BrNO3/c16-12-5-3-4-11(8-12)9-13(18)17-15(10-14(19)20)6-1-2-7-15/h3-5,8H,1-2,6-7,9-10H2,(H,17,18)(H,19,20). The second-order valence-corrected chi connectivity index (χ2v) is 6.33. The summed E-state index contributed by atoms with van der Waals surface area (Å²) in [6.07, 6.45) is 3.75. The van der Waals surface area contributed by atoms with Gasteiger partial charge in [0.25, 0.3) is 0 Å². The largest absolute Gasteiger partial charge is 0.481 e. The minimum atomic E-state index is -0.852. The Bertz CT molecular complexity index is 510. The molecule has 1 aromatic rings. The van der Waals surface area contributed by atoms with Crippen LogP contribution in [-0.2, 0) is 16.0 Å². The number of hydrogen-bond acceptors (Lipinski definition) is 2. The number of hydrogen-bond donors (Lipinski definition) is 2. The van der Waals surface area contributed by atoms with Crippen molar-refractivity contribution in [3.8, 4) is 0 Å². The third-order valence-electron chi connectivity index (χ3n) is 3.71. The molecule has 1 aliphatic rings. The summed E-state index contributed by atoms with van der Waals surface area (Å²) in [5, 5.41) is 12.0. The summed E-state index contributed by atoms with van der Waals surface area (Å²) in [4.78, 5) is 23.1. The average molecular weight is 340 g/mol. The Balaban J connectivity index is 2.00. The van der Waals surface area contributed by atoms with Crippen LogP contribution in [0.2, 0.25) is 0 Å². The van der Waals surface area contributed by atoms with Crippen LogP contribution in [0, 0.1) is 0 Å². The molecule has 20 heavy (non-hydrogen) atoms. The van der Waals surface area contributed by atoms with E-state index in [1.165, 1.54) is 0 Å². The quantitative estimate of drug-likeness (QED) is 0.866. The number of carboxylic acids is 1. The Morgan fingerprint density at radius 2 is 2.00 bits per heavy atom. The SMILES string of the molecule is O=C(O)CC1(NC(=O)Cc2cccc(Br)c2)CCCC1. The third-order valence-corrected chi connectivity index (χ3v) is 4.20. The topological polar surface area (TPSA) is 66.4 Å². The van der Waals surface area contributed by atoms with Gasteiger partial charge in [0.1, 0.15) is 0 Å². The Morgan fingerprint density at radius 1 is 1.30 bits per heavy atom. The molecule has 5 heteroatoms. The lowest BCUT2D eigenvalue weighted by Crippen LogP contribution is -2.48. The first-order valence-electron chi connectivity index (χ1n) is 6.76. The molecule has 1 saturated carbocycles. The number of halogens is 1. The van der Waals surface area contributed by atoms with E-state index >= 15 is 0 Å². The fourth-order valence-corrected chi connectivity index (χ4v) is 3.31. The maximum atomic E-state index is 12.1. The molecular formula is C15H18BrNO3.